The first-order chi connectivity index (χ1) is 11.5. The Bertz CT molecular complexity index is 268. The van der Waals surface area contributed by atoms with Crippen LogP contribution in [-0.2, 0) is 35.2 Å². The average Bonchev–Trinajstić information content (AvgIpc) is 2.53. The van der Waals surface area contributed by atoms with Gasteiger partial charge in [-0.1, -0.05) is 78.1 Å². The van der Waals surface area contributed by atoms with Crippen molar-refractivity contribution in [2.24, 2.45) is 0 Å². The summed E-state index contributed by atoms with van der Waals surface area (Å²) in [6, 6.07) is 0. The minimum Gasteiger partial charge on any atom is -0.566 e. The minimum atomic E-state index is -2.63. The second kappa shape index (κ2) is 26.8. The molecule has 0 fully saturated rings. The molecule has 2 unspecified atom stereocenters. The van der Waals surface area contributed by atoms with E-state index in [9.17, 15) is 18.9 Å². The molecule has 153 valence electrons. The van der Waals surface area contributed by atoms with Crippen LogP contribution >= 0.6 is 16.5 Å². The van der Waals surface area contributed by atoms with Gasteiger partial charge in [-0.25, -0.2) is 0 Å². The fraction of sp³-hybridized carbons (Fsp3) is 1.00. The fourth-order valence-electron chi connectivity index (χ4n) is 2.04. The first-order valence-corrected chi connectivity index (χ1v) is 11.3. The molecule has 0 saturated heterocycles. The van der Waals surface area contributed by atoms with Gasteiger partial charge in [0.15, 0.2) is 0 Å². The third kappa shape index (κ3) is 36.3. The first-order valence-electron chi connectivity index (χ1n) is 9.09. The van der Waals surface area contributed by atoms with Crippen molar-refractivity contribution in [2.75, 3.05) is 13.2 Å². The van der Waals surface area contributed by atoms with Crippen molar-refractivity contribution in [2.45, 2.75) is 90.9 Å². The Kier molecular flexibility index (Phi) is 32.5. The van der Waals surface area contributed by atoms with Crippen LogP contribution in [0.4, 0.5) is 0 Å². The second-order valence-corrected chi connectivity index (χ2v) is 7.06. The van der Waals surface area contributed by atoms with Gasteiger partial charge in [-0.2, -0.15) is 0 Å². The zero-order valence-electron chi connectivity index (χ0n) is 15.5. The van der Waals surface area contributed by atoms with Gasteiger partial charge in [0.2, 0.25) is 0 Å². The normalized spacial score (nSPS) is 11.2. The molecule has 0 saturated carbocycles. The second-order valence-electron chi connectivity index (χ2n) is 5.65. The van der Waals surface area contributed by atoms with Crippen LogP contribution in [0.15, 0.2) is 0 Å². The van der Waals surface area contributed by atoms with Crippen molar-refractivity contribution in [1.82, 2.24) is 0 Å². The van der Waals surface area contributed by atoms with Crippen LogP contribution in [0, 0.1) is 0 Å². The van der Waals surface area contributed by atoms with Crippen molar-refractivity contribution in [1.29, 1.82) is 0 Å². The standard InChI is InChI=1S/2C8H17O3P.Cu/c2*1-2-3-4-5-6-7-8-11-12(9)10;/h2*2-8H2,1H3;/q;;+2. The summed E-state index contributed by atoms with van der Waals surface area (Å²) in [4.78, 5) is 19.9. The maximum atomic E-state index is 9.95. The summed E-state index contributed by atoms with van der Waals surface area (Å²) in [7, 11) is -5.26. The predicted molar refractivity (Wildman–Crippen MR) is 93.9 cm³/mol. The van der Waals surface area contributed by atoms with Crippen molar-refractivity contribution < 1.29 is 45.0 Å². The van der Waals surface area contributed by atoms with Crippen LogP contribution in [0.25, 0.3) is 0 Å². The molecule has 0 bridgehead atoms. The van der Waals surface area contributed by atoms with E-state index >= 15 is 0 Å². The first kappa shape index (κ1) is 30.3. The molecule has 0 aliphatic rings. The molecule has 1 radical (unpaired) electrons. The molecule has 0 amide bonds. The molecule has 25 heavy (non-hydrogen) atoms. The maximum absolute atomic E-state index is 9.95. The van der Waals surface area contributed by atoms with Gasteiger partial charge in [0.05, 0.1) is 0 Å². The third-order valence-corrected chi connectivity index (χ3v) is 4.18. The number of hydrogen-bond acceptors (Lipinski definition) is 6. The van der Waals surface area contributed by atoms with Gasteiger partial charge < -0.3 is 9.79 Å². The van der Waals surface area contributed by atoms with Gasteiger partial charge in [0.25, 0.3) is 0 Å². The van der Waals surface area contributed by atoms with E-state index in [0.717, 1.165) is 25.7 Å². The third-order valence-electron chi connectivity index (χ3n) is 3.39. The summed E-state index contributed by atoms with van der Waals surface area (Å²) in [5.74, 6) is 0. The minimum absolute atomic E-state index is 0. The number of hydrogen-bond donors (Lipinski definition) is 0. The van der Waals surface area contributed by atoms with E-state index < -0.39 is 16.5 Å². The van der Waals surface area contributed by atoms with E-state index in [4.69, 9.17) is 0 Å². The van der Waals surface area contributed by atoms with Crippen LogP contribution in [0.5, 0.6) is 0 Å². The molecule has 0 aromatic carbocycles. The topological polar surface area (TPSA) is 98.7 Å². The Hall–Kier alpha value is 0.559. The van der Waals surface area contributed by atoms with Crippen LogP contribution in [0.1, 0.15) is 90.9 Å². The summed E-state index contributed by atoms with van der Waals surface area (Å²) in [6.07, 6.45) is 13.8. The Morgan fingerprint density at radius 1 is 0.600 bits per heavy atom. The van der Waals surface area contributed by atoms with E-state index in [0.29, 0.717) is 13.2 Å². The molecule has 0 aliphatic carbocycles. The Morgan fingerprint density at radius 2 is 0.880 bits per heavy atom. The average molecular weight is 448 g/mol. The Labute approximate surface area is 165 Å². The monoisotopic (exact) mass is 447 g/mol. The van der Waals surface area contributed by atoms with Crippen molar-refractivity contribution >= 4 is 16.5 Å². The SMILES string of the molecule is CCCCCCCCO[P+](=O)[O-].CCCCCCCCO[P+](=O)[O-].[Cu+2]. The van der Waals surface area contributed by atoms with E-state index in [-0.39, 0.29) is 17.1 Å². The molecule has 0 rings (SSSR count). The fourth-order valence-corrected chi connectivity index (χ4v) is 2.60. The van der Waals surface area contributed by atoms with Crippen LogP contribution in [0.2, 0.25) is 0 Å². The van der Waals surface area contributed by atoms with Crippen molar-refractivity contribution in [3.05, 3.63) is 0 Å². The van der Waals surface area contributed by atoms with E-state index in [1.807, 2.05) is 0 Å². The summed E-state index contributed by atoms with van der Waals surface area (Å²) in [6.45, 7) is 5.05. The quantitative estimate of drug-likeness (QED) is 0.192. The van der Waals surface area contributed by atoms with E-state index in [1.165, 1.54) is 51.4 Å². The molecular formula is C16H34CuO6P2+2. The van der Waals surface area contributed by atoms with Gasteiger partial charge in [-0.3, -0.25) is 0 Å². The largest absolute Gasteiger partial charge is 2.00 e. The van der Waals surface area contributed by atoms with Crippen LogP contribution in [0.3, 0.4) is 0 Å². The molecule has 0 spiro atoms. The van der Waals surface area contributed by atoms with E-state index in [2.05, 4.69) is 22.9 Å². The molecule has 9 heteroatoms. The molecule has 2 atom stereocenters. The molecule has 0 aliphatic heterocycles. The Morgan fingerprint density at radius 3 is 1.16 bits per heavy atom. The zero-order chi connectivity index (χ0) is 18.5. The van der Waals surface area contributed by atoms with Crippen LogP contribution in [-0.4, -0.2) is 13.2 Å². The Balaban J connectivity index is -0.000000372. The number of rotatable bonds is 16. The maximum Gasteiger partial charge on any atom is 2.00 e. The molecule has 6 nitrogen and oxygen atoms in total. The summed E-state index contributed by atoms with van der Waals surface area (Å²) >= 11 is 0. The summed E-state index contributed by atoms with van der Waals surface area (Å²) in [5.41, 5.74) is 0. The van der Waals surface area contributed by atoms with Gasteiger partial charge >= 0.3 is 33.6 Å². The molecule has 0 aromatic heterocycles. The van der Waals surface area contributed by atoms with Gasteiger partial charge in [0, 0.05) is 0 Å². The predicted octanol–water partition coefficient (Wildman–Crippen LogP) is 4.76. The van der Waals surface area contributed by atoms with Crippen LogP contribution < -0.4 is 9.79 Å². The molecule has 0 heterocycles. The van der Waals surface area contributed by atoms with Gasteiger partial charge in [-0.05, 0) is 22.0 Å². The molecular weight excluding hydrogens is 414 g/mol. The van der Waals surface area contributed by atoms with Gasteiger partial charge in [0.1, 0.15) is 13.2 Å². The van der Waals surface area contributed by atoms with Crippen molar-refractivity contribution in [3.63, 3.8) is 0 Å². The summed E-state index contributed by atoms with van der Waals surface area (Å²) < 4.78 is 28.7. The van der Waals surface area contributed by atoms with Gasteiger partial charge in [-0.15, -0.1) is 9.05 Å². The van der Waals surface area contributed by atoms with Crippen molar-refractivity contribution in [3.8, 4) is 0 Å². The molecule has 0 aromatic rings. The zero-order valence-corrected chi connectivity index (χ0v) is 18.3. The molecule has 0 N–H and O–H groups in total. The summed E-state index contributed by atoms with van der Waals surface area (Å²) in [5, 5.41) is 0. The number of unbranched alkanes of at least 4 members (excludes halogenated alkanes) is 10. The van der Waals surface area contributed by atoms with E-state index in [1.54, 1.807) is 0 Å². The smallest absolute Gasteiger partial charge is 0.566 e.